The molecule has 0 saturated carbocycles. The lowest BCUT2D eigenvalue weighted by Crippen LogP contribution is -2.25. The van der Waals surface area contributed by atoms with Crippen LogP contribution in [-0.4, -0.2) is 0 Å². The Morgan fingerprint density at radius 2 is 1.44 bits per heavy atom. The summed E-state index contributed by atoms with van der Waals surface area (Å²) in [5.41, 5.74) is 2.42. The first-order valence-corrected chi connectivity index (χ1v) is 6.06. The van der Waals surface area contributed by atoms with Crippen molar-refractivity contribution in [3.8, 4) is 0 Å². The molecule has 0 aliphatic carbocycles. The van der Waals surface area contributed by atoms with E-state index in [1.54, 1.807) is 0 Å². The number of benzene rings is 2. The minimum atomic E-state index is 1.21. The molecule has 18 heavy (non-hydrogen) atoms. The largest absolute Gasteiger partial charge is 0.217 e. The van der Waals surface area contributed by atoms with E-state index in [2.05, 4.69) is 71.6 Å². The molecule has 0 aliphatic rings. The smallest absolute Gasteiger partial charge is 0.167 e. The van der Waals surface area contributed by atoms with Crippen molar-refractivity contribution in [3.05, 3.63) is 78.5 Å². The number of hydrogen-bond donors (Lipinski definition) is 0. The van der Waals surface area contributed by atoms with Crippen LogP contribution in [0.4, 0.5) is 0 Å². The van der Waals surface area contributed by atoms with E-state index in [-0.39, 0.29) is 0 Å². The molecule has 0 atom stereocenters. The standard InChI is InChI=1S/C17H14N/c1-2-7-15(8-3-1)12-14-18-13-6-10-16-9-4-5-11-17(16)18/h1-14H/q+1. The lowest BCUT2D eigenvalue weighted by atomic mass is 10.2. The summed E-state index contributed by atoms with van der Waals surface area (Å²) in [6.45, 7) is 0. The number of hydrogen-bond acceptors (Lipinski definition) is 0. The number of fused-ring (bicyclic) bond motifs is 1. The summed E-state index contributed by atoms with van der Waals surface area (Å²) in [6, 6.07) is 22.9. The third kappa shape index (κ3) is 2.16. The third-order valence-corrected chi connectivity index (χ3v) is 2.96. The number of nitrogens with zero attached hydrogens (tertiary/aromatic N) is 1. The molecule has 3 aromatic rings. The average molecular weight is 232 g/mol. The molecule has 1 aromatic heterocycles. The monoisotopic (exact) mass is 232 g/mol. The molecule has 0 aliphatic heterocycles. The zero-order valence-electron chi connectivity index (χ0n) is 10.0. The van der Waals surface area contributed by atoms with Crippen LogP contribution in [0.15, 0.2) is 72.9 Å². The molecule has 1 nitrogen and oxygen atoms in total. The van der Waals surface area contributed by atoms with E-state index < -0.39 is 0 Å². The van der Waals surface area contributed by atoms with Crippen molar-refractivity contribution in [2.45, 2.75) is 0 Å². The van der Waals surface area contributed by atoms with Crippen LogP contribution >= 0.6 is 0 Å². The minimum Gasteiger partial charge on any atom is -0.167 e. The SMILES string of the molecule is C(=C[n+]1cccc2ccccc21)c1ccccc1. The molecule has 1 heterocycles. The molecule has 0 saturated heterocycles. The molecule has 2 aromatic carbocycles. The van der Waals surface area contributed by atoms with E-state index in [1.165, 1.54) is 16.5 Å². The molecule has 86 valence electrons. The Bertz CT molecular complexity index is 679. The summed E-state index contributed by atoms with van der Waals surface area (Å²) >= 11 is 0. The normalized spacial score (nSPS) is 11.1. The van der Waals surface area contributed by atoms with Crippen molar-refractivity contribution >= 4 is 23.2 Å². The molecule has 1 heteroatoms. The van der Waals surface area contributed by atoms with Crippen LogP contribution in [0.1, 0.15) is 5.56 Å². The molecule has 0 radical (unpaired) electrons. The third-order valence-electron chi connectivity index (χ3n) is 2.96. The fourth-order valence-corrected chi connectivity index (χ4v) is 2.04. The van der Waals surface area contributed by atoms with E-state index in [0.717, 1.165) is 0 Å². The first kappa shape index (κ1) is 10.7. The first-order valence-electron chi connectivity index (χ1n) is 6.06. The zero-order valence-corrected chi connectivity index (χ0v) is 10.0. The molecule has 0 fully saturated rings. The van der Waals surface area contributed by atoms with Gasteiger partial charge in [0.25, 0.3) is 0 Å². The van der Waals surface area contributed by atoms with Gasteiger partial charge in [0.05, 0.1) is 0 Å². The molecule has 0 bridgehead atoms. The molecule has 3 rings (SSSR count). The second-order valence-electron chi connectivity index (χ2n) is 4.20. The van der Waals surface area contributed by atoms with Gasteiger partial charge in [0, 0.05) is 23.6 Å². The lowest BCUT2D eigenvalue weighted by Gasteiger charge is -1.95. The second-order valence-corrected chi connectivity index (χ2v) is 4.20. The van der Waals surface area contributed by atoms with Crippen LogP contribution in [0.2, 0.25) is 0 Å². The van der Waals surface area contributed by atoms with Gasteiger partial charge in [0.15, 0.2) is 12.4 Å². The zero-order chi connectivity index (χ0) is 12.2. The topological polar surface area (TPSA) is 3.88 Å². The Kier molecular flexibility index (Phi) is 2.89. The Morgan fingerprint density at radius 3 is 2.33 bits per heavy atom. The highest BCUT2D eigenvalue weighted by Crippen LogP contribution is 2.08. The predicted octanol–water partition coefficient (Wildman–Crippen LogP) is 3.76. The van der Waals surface area contributed by atoms with Crippen molar-refractivity contribution in [2.24, 2.45) is 0 Å². The minimum absolute atomic E-state index is 1.21. The van der Waals surface area contributed by atoms with Gasteiger partial charge in [0.1, 0.15) is 0 Å². The van der Waals surface area contributed by atoms with Gasteiger partial charge in [-0.15, -0.1) is 0 Å². The summed E-state index contributed by atoms with van der Waals surface area (Å²) in [6.07, 6.45) is 6.28. The van der Waals surface area contributed by atoms with Crippen LogP contribution in [0.3, 0.4) is 0 Å². The Balaban J connectivity index is 2.03. The molecule has 0 N–H and O–H groups in total. The van der Waals surface area contributed by atoms with Crippen molar-refractivity contribution < 1.29 is 4.57 Å². The van der Waals surface area contributed by atoms with Crippen LogP contribution in [0, 0.1) is 0 Å². The first-order chi connectivity index (χ1) is 8.93. The van der Waals surface area contributed by atoms with Gasteiger partial charge in [-0.05, 0) is 17.7 Å². The van der Waals surface area contributed by atoms with E-state index in [1.807, 2.05) is 18.2 Å². The maximum absolute atomic E-state index is 2.14. The highest BCUT2D eigenvalue weighted by Gasteiger charge is 2.03. The van der Waals surface area contributed by atoms with Gasteiger partial charge < -0.3 is 0 Å². The summed E-state index contributed by atoms with van der Waals surface area (Å²) in [7, 11) is 0. The van der Waals surface area contributed by atoms with E-state index in [0.29, 0.717) is 0 Å². The number of pyridine rings is 1. The fraction of sp³-hybridized carbons (Fsp3) is 0. The number of aromatic nitrogens is 1. The summed E-state index contributed by atoms with van der Waals surface area (Å²) in [5.74, 6) is 0. The fourth-order valence-electron chi connectivity index (χ4n) is 2.04. The molecular formula is C17H14N+. The highest BCUT2D eigenvalue weighted by atomic mass is 14.9. The van der Waals surface area contributed by atoms with Gasteiger partial charge in [-0.1, -0.05) is 42.5 Å². The van der Waals surface area contributed by atoms with Crippen LogP contribution < -0.4 is 4.57 Å². The van der Waals surface area contributed by atoms with Crippen LogP contribution in [0.25, 0.3) is 23.2 Å². The quantitative estimate of drug-likeness (QED) is 0.592. The average Bonchev–Trinajstić information content (AvgIpc) is 2.46. The van der Waals surface area contributed by atoms with Gasteiger partial charge in [-0.3, -0.25) is 0 Å². The van der Waals surface area contributed by atoms with Gasteiger partial charge in [0.2, 0.25) is 5.52 Å². The second kappa shape index (κ2) is 4.84. The van der Waals surface area contributed by atoms with Crippen LogP contribution in [-0.2, 0) is 0 Å². The summed E-state index contributed by atoms with van der Waals surface area (Å²) in [5, 5.41) is 1.25. The molecule has 0 amide bonds. The lowest BCUT2D eigenvalue weighted by molar-refractivity contribution is -0.538. The Labute approximate surface area is 107 Å². The van der Waals surface area contributed by atoms with Gasteiger partial charge in [-0.2, -0.15) is 4.57 Å². The molecule has 0 unspecified atom stereocenters. The molecular weight excluding hydrogens is 218 g/mol. The van der Waals surface area contributed by atoms with Crippen molar-refractivity contribution in [3.63, 3.8) is 0 Å². The van der Waals surface area contributed by atoms with Gasteiger partial charge in [-0.25, -0.2) is 0 Å². The maximum atomic E-state index is 2.14. The van der Waals surface area contributed by atoms with Gasteiger partial charge >= 0.3 is 0 Å². The molecule has 0 spiro atoms. The predicted molar refractivity (Wildman–Crippen MR) is 75.8 cm³/mol. The maximum Gasteiger partial charge on any atom is 0.217 e. The van der Waals surface area contributed by atoms with E-state index in [9.17, 15) is 0 Å². The Morgan fingerprint density at radius 1 is 0.722 bits per heavy atom. The van der Waals surface area contributed by atoms with E-state index in [4.69, 9.17) is 0 Å². The van der Waals surface area contributed by atoms with Crippen molar-refractivity contribution in [1.29, 1.82) is 0 Å². The number of rotatable bonds is 2. The highest BCUT2D eigenvalue weighted by molar-refractivity contribution is 5.76. The van der Waals surface area contributed by atoms with Crippen LogP contribution in [0.5, 0.6) is 0 Å². The van der Waals surface area contributed by atoms with E-state index >= 15 is 0 Å². The van der Waals surface area contributed by atoms with Crippen molar-refractivity contribution in [1.82, 2.24) is 0 Å². The van der Waals surface area contributed by atoms with Crippen molar-refractivity contribution in [2.75, 3.05) is 0 Å². The Hall–Kier alpha value is -2.41. The summed E-state index contributed by atoms with van der Waals surface area (Å²) < 4.78 is 2.14. The number of para-hydroxylation sites is 1. The summed E-state index contributed by atoms with van der Waals surface area (Å²) in [4.78, 5) is 0.